The van der Waals surface area contributed by atoms with Crippen molar-refractivity contribution in [1.82, 2.24) is 10.2 Å². The van der Waals surface area contributed by atoms with Gasteiger partial charge in [-0.2, -0.15) is 0 Å². The summed E-state index contributed by atoms with van der Waals surface area (Å²) in [5, 5.41) is 2.96. The van der Waals surface area contributed by atoms with Crippen LogP contribution in [0, 0.1) is 5.41 Å². The maximum absolute atomic E-state index is 12.4. The van der Waals surface area contributed by atoms with Gasteiger partial charge in [0.05, 0.1) is 10.4 Å². The van der Waals surface area contributed by atoms with Gasteiger partial charge in [0, 0.05) is 13.1 Å². The summed E-state index contributed by atoms with van der Waals surface area (Å²) in [6, 6.07) is 0. The van der Waals surface area contributed by atoms with Crippen molar-refractivity contribution in [2.45, 2.75) is 39.5 Å². The summed E-state index contributed by atoms with van der Waals surface area (Å²) in [7, 11) is 3.95. The first kappa shape index (κ1) is 17.3. The van der Waals surface area contributed by atoms with E-state index in [1.807, 2.05) is 19.0 Å². The lowest BCUT2D eigenvalue weighted by molar-refractivity contribution is -0.128. The maximum atomic E-state index is 12.4. The lowest BCUT2D eigenvalue weighted by Gasteiger charge is -2.31. The zero-order chi connectivity index (χ0) is 14.2. The van der Waals surface area contributed by atoms with Gasteiger partial charge in [0.1, 0.15) is 0 Å². The van der Waals surface area contributed by atoms with Crippen LogP contribution in [0.15, 0.2) is 0 Å². The number of nitrogens with one attached hydrogen (secondary N) is 1. The molecule has 0 saturated carbocycles. The fraction of sp³-hybridized carbons (Fsp3) is 0.846. The minimum absolute atomic E-state index is 0.0134. The van der Waals surface area contributed by atoms with Crippen LogP contribution in [0.2, 0.25) is 0 Å². The third-order valence-electron chi connectivity index (χ3n) is 3.10. The van der Waals surface area contributed by atoms with Gasteiger partial charge < -0.3 is 16.0 Å². The molecule has 5 heteroatoms. The number of thiocarbonyl (C=S) groups is 1. The van der Waals surface area contributed by atoms with E-state index in [1.54, 1.807) is 0 Å². The van der Waals surface area contributed by atoms with Gasteiger partial charge in [-0.25, -0.2) is 0 Å². The highest BCUT2D eigenvalue weighted by molar-refractivity contribution is 7.80. The minimum Gasteiger partial charge on any atom is -0.392 e. The molecule has 3 N–H and O–H groups in total. The van der Waals surface area contributed by atoms with Crippen LogP contribution in [0.25, 0.3) is 0 Å². The minimum atomic E-state index is -0.662. The number of hydrogen-bond acceptors (Lipinski definition) is 3. The Balaban J connectivity index is 4.72. The molecule has 0 aromatic rings. The van der Waals surface area contributed by atoms with Crippen molar-refractivity contribution in [3.8, 4) is 0 Å². The normalized spacial score (nSPS) is 11.6. The van der Waals surface area contributed by atoms with Crippen LogP contribution in [0.5, 0.6) is 0 Å². The van der Waals surface area contributed by atoms with Crippen LogP contribution in [-0.2, 0) is 4.79 Å². The van der Waals surface area contributed by atoms with Gasteiger partial charge in [0.2, 0.25) is 5.91 Å². The van der Waals surface area contributed by atoms with Crippen molar-refractivity contribution < 1.29 is 4.79 Å². The molecule has 0 saturated heterocycles. The molecule has 0 fully saturated rings. The molecule has 0 radical (unpaired) electrons. The monoisotopic (exact) mass is 273 g/mol. The molecule has 0 aliphatic rings. The molecule has 0 spiro atoms. The maximum Gasteiger partial charge on any atom is 0.233 e. The largest absolute Gasteiger partial charge is 0.392 e. The molecule has 0 heterocycles. The third kappa shape index (κ3) is 4.90. The van der Waals surface area contributed by atoms with Gasteiger partial charge in [-0.1, -0.05) is 38.9 Å². The summed E-state index contributed by atoms with van der Waals surface area (Å²) < 4.78 is 0. The lowest BCUT2D eigenvalue weighted by atomic mass is 9.78. The molecule has 0 bridgehead atoms. The molecule has 0 rings (SSSR count). The first-order chi connectivity index (χ1) is 8.40. The third-order valence-corrected chi connectivity index (χ3v) is 3.50. The van der Waals surface area contributed by atoms with Crippen LogP contribution in [-0.4, -0.2) is 43.0 Å². The predicted octanol–water partition coefficient (Wildman–Crippen LogP) is 1.54. The van der Waals surface area contributed by atoms with E-state index in [0.29, 0.717) is 11.5 Å². The molecule has 0 unspecified atom stereocenters. The van der Waals surface area contributed by atoms with Gasteiger partial charge in [-0.05, 0) is 26.9 Å². The molecule has 4 nitrogen and oxygen atoms in total. The second-order valence-corrected chi connectivity index (χ2v) is 5.45. The van der Waals surface area contributed by atoms with Gasteiger partial charge in [0.25, 0.3) is 0 Å². The van der Waals surface area contributed by atoms with E-state index < -0.39 is 5.41 Å². The zero-order valence-electron chi connectivity index (χ0n) is 12.1. The quantitative estimate of drug-likeness (QED) is 0.626. The summed E-state index contributed by atoms with van der Waals surface area (Å²) in [6.45, 7) is 5.55. The van der Waals surface area contributed by atoms with E-state index in [1.165, 1.54) is 0 Å². The molecule has 0 aromatic carbocycles. The Morgan fingerprint density at radius 1 is 1.28 bits per heavy atom. The van der Waals surface area contributed by atoms with Gasteiger partial charge >= 0.3 is 0 Å². The number of carbonyl (C=O) groups excluding carboxylic acids is 1. The van der Waals surface area contributed by atoms with Crippen molar-refractivity contribution >= 4 is 23.1 Å². The fourth-order valence-electron chi connectivity index (χ4n) is 2.13. The highest BCUT2D eigenvalue weighted by atomic mass is 32.1. The molecule has 0 aromatic heterocycles. The molecular formula is C13H27N3OS. The molecule has 1 amide bonds. The molecule has 0 aliphatic carbocycles. The smallest absolute Gasteiger partial charge is 0.233 e. The molecule has 0 aliphatic heterocycles. The molecular weight excluding hydrogens is 246 g/mol. The average Bonchev–Trinajstić information content (AvgIpc) is 2.27. The molecule has 18 heavy (non-hydrogen) atoms. The van der Waals surface area contributed by atoms with Crippen LogP contribution >= 0.6 is 12.2 Å². The Morgan fingerprint density at radius 3 is 2.11 bits per heavy atom. The van der Waals surface area contributed by atoms with Crippen molar-refractivity contribution in [2.24, 2.45) is 11.1 Å². The zero-order valence-corrected chi connectivity index (χ0v) is 12.9. The van der Waals surface area contributed by atoms with Crippen LogP contribution in [0.3, 0.4) is 0 Å². The summed E-state index contributed by atoms with van der Waals surface area (Å²) in [6.07, 6.45) is 3.25. The number of nitrogens with two attached hydrogens (primary N) is 1. The van der Waals surface area contributed by atoms with E-state index in [-0.39, 0.29) is 5.91 Å². The van der Waals surface area contributed by atoms with Crippen molar-refractivity contribution in [3.05, 3.63) is 0 Å². The Bertz CT molecular complexity index is 273. The Kier molecular flexibility index (Phi) is 8.11. The van der Waals surface area contributed by atoms with E-state index >= 15 is 0 Å². The number of hydrogen-bond donors (Lipinski definition) is 2. The van der Waals surface area contributed by atoms with E-state index in [4.69, 9.17) is 18.0 Å². The Morgan fingerprint density at radius 2 is 1.78 bits per heavy atom. The first-order valence-corrected chi connectivity index (χ1v) is 7.04. The van der Waals surface area contributed by atoms with Crippen molar-refractivity contribution in [3.63, 3.8) is 0 Å². The van der Waals surface area contributed by atoms with Gasteiger partial charge in [0.15, 0.2) is 0 Å². The SMILES string of the molecule is CCCC(CCC)(C(=O)NCCN(C)C)C(N)=S. The number of carbonyl (C=O) groups is 1. The predicted molar refractivity (Wildman–Crippen MR) is 80.6 cm³/mol. The second kappa shape index (κ2) is 8.43. The number of likely N-dealkylation sites (N-methyl/N-ethyl adjacent to an activating group) is 1. The van der Waals surface area contributed by atoms with Crippen molar-refractivity contribution in [1.29, 1.82) is 0 Å². The summed E-state index contributed by atoms with van der Waals surface area (Å²) >= 11 is 5.14. The topological polar surface area (TPSA) is 58.4 Å². The Hall–Kier alpha value is -0.680. The average molecular weight is 273 g/mol. The van der Waals surface area contributed by atoms with E-state index in [9.17, 15) is 4.79 Å². The van der Waals surface area contributed by atoms with Crippen molar-refractivity contribution in [2.75, 3.05) is 27.2 Å². The fourth-order valence-corrected chi connectivity index (χ4v) is 2.42. The summed E-state index contributed by atoms with van der Waals surface area (Å²) in [5.74, 6) is -0.0134. The lowest BCUT2D eigenvalue weighted by Crippen LogP contribution is -2.50. The number of nitrogens with zero attached hydrogens (tertiary/aromatic N) is 1. The highest BCUT2D eigenvalue weighted by Gasteiger charge is 2.39. The summed E-state index contributed by atoms with van der Waals surface area (Å²) in [5.41, 5.74) is 5.17. The van der Waals surface area contributed by atoms with Crippen LogP contribution in [0.1, 0.15) is 39.5 Å². The number of amides is 1. The molecule has 106 valence electrons. The van der Waals surface area contributed by atoms with Crippen LogP contribution < -0.4 is 11.1 Å². The highest BCUT2D eigenvalue weighted by Crippen LogP contribution is 2.30. The Labute approximate surface area is 116 Å². The second-order valence-electron chi connectivity index (χ2n) is 5.01. The first-order valence-electron chi connectivity index (χ1n) is 6.63. The summed E-state index contributed by atoms with van der Waals surface area (Å²) in [4.78, 5) is 14.7. The van der Waals surface area contributed by atoms with Gasteiger partial charge in [-0.15, -0.1) is 0 Å². The standard InChI is InChI=1S/C13H27N3OS/c1-5-7-13(8-6-2,11(14)18)12(17)15-9-10-16(3)4/h5-10H2,1-4H3,(H2,14,18)(H,15,17). The van der Waals surface area contributed by atoms with E-state index in [0.717, 1.165) is 32.2 Å². The number of rotatable bonds is 9. The molecule has 0 atom stereocenters. The van der Waals surface area contributed by atoms with Gasteiger partial charge in [-0.3, -0.25) is 4.79 Å². The van der Waals surface area contributed by atoms with Crippen LogP contribution in [0.4, 0.5) is 0 Å². The van der Waals surface area contributed by atoms with E-state index in [2.05, 4.69) is 19.2 Å².